The van der Waals surface area contributed by atoms with Crippen LogP contribution in [0.3, 0.4) is 0 Å². The number of nitrogens with one attached hydrogen (secondary N) is 1. The highest BCUT2D eigenvalue weighted by Crippen LogP contribution is 2.53. The van der Waals surface area contributed by atoms with Crippen molar-refractivity contribution in [3.63, 3.8) is 0 Å². The third-order valence-corrected chi connectivity index (χ3v) is 7.16. The summed E-state index contributed by atoms with van der Waals surface area (Å²) in [5, 5.41) is -0.162. The lowest BCUT2D eigenvalue weighted by atomic mass is 9.88. The molecule has 1 N–H and O–H groups in total. The number of hydrogen-bond donors (Lipinski definition) is 2. The largest absolute Gasteiger partial charge is 0.416 e. The van der Waals surface area contributed by atoms with Crippen molar-refractivity contribution >= 4 is 31.7 Å². The average Bonchev–Trinajstić information content (AvgIpc) is 2.59. The molecule has 24 heavy (non-hydrogen) atoms. The molecule has 10 heteroatoms. The Morgan fingerprint density at radius 1 is 1.29 bits per heavy atom. The first-order valence-corrected chi connectivity index (χ1v) is 9.53. The van der Waals surface area contributed by atoms with Gasteiger partial charge in [-0.25, -0.2) is 4.79 Å². The summed E-state index contributed by atoms with van der Waals surface area (Å²) in [6.45, 7) is 1.06. The van der Waals surface area contributed by atoms with Gasteiger partial charge in [0, 0.05) is 22.6 Å². The Hall–Kier alpha value is -1.45. The van der Waals surface area contributed by atoms with Crippen LogP contribution in [-0.4, -0.2) is 28.5 Å². The molecule has 0 bridgehead atoms. The minimum atomic E-state index is -4.60. The number of aromatic amines is 1. The van der Waals surface area contributed by atoms with Gasteiger partial charge in [-0.05, 0) is 12.1 Å². The second-order valence-corrected chi connectivity index (χ2v) is 8.99. The molecule has 1 aromatic heterocycles. The predicted octanol–water partition coefficient (Wildman–Crippen LogP) is 2.25. The first kappa shape index (κ1) is 16.0. The van der Waals surface area contributed by atoms with Crippen LogP contribution in [0.1, 0.15) is 5.56 Å². The van der Waals surface area contributed by atoms with Crippen molar-refractivity contribution in [2.24, 2.45) is 5.41 Å². The van der Waals surface area contributed by atoms with Gasteiger partial charge in [0.15, 0.2) is 0 Å². The van der Waals surface area contributed by atoms with E-state index in [-0.39, 0.29) is 27.8 Å². The monoisotopic (exact) mass is 380 g/mol. The lowest BCUT2D eigenvalue weighted by Gasteiger charge is -2.42. The van der Waals surface area contributed by atoms with Crippen molar-refractivity contribution in [3.8, 4) is 0 Å². The van der Waals surface area contributed by atoms with Crippen LogP contribution >= 0.6 is 20.8 Å². The van der Waals surface area contributed by atoms with Gasteiger partial charge in [0.2, 0.25) is 0 Å². The van der Waals surface area contributed by atoms with Gasteiger partial charge >= 0.3 is 11.9 Å². The van der Waals surface area contributed by atoms with Gasteiger partial charge in [0.25, 0.3) is 5.56 Å². The zero-order chi connectivity index (χ0) is 17.3. The number of benzene rings is 1. The minimum absolute atomic E-state index is 0.162. The normalized spacial score (nSPS) is 23.9. The molecule has 1 fully saturated rings. The zero-order valence-electron chi connectivity index (χ0n) is 12.1. The Bertz CT molecular complexity index is 965. The molecule has 0 aliphatic carbocycles. The molecule has 4 rings (SSSR count). The fourth-order valence-electron chi connectivity index (χ4n) is 3.25. The van der Waals surface area contributed by atoms with Gasteiger partial charge < -0.3 is 4.74 Å². The van der Waals surface area contributed by atoms with E-state index in [2.05, 4.69) is 4.98 Å². The molecule has 130 valence electrons. The zero-order valence-corrected chi connectivity index (χ0v) is 13.8. The van der Waals surface area contributed by atoms with Crippen LogP contribution in [-0.2, 0) is 17.5 Å². The van der Waals surface area contributed by atoms with E-state index in [1.165, 1.54) is 4.57 Å². The molecule has 1 spiro atoms. The van der Waals surface area contributed by atoms with Crippen molar-refractivity contribution in [2.75, 3.05) is 19.0 Å². The van der Waals surface area contributed by atoms with Crippen molar-refractivity contribution in [2.45, 2.75) is 17.6 Å². The maximum Gasteiger partial charge on any atom is 0.416 e. The number of nitrogens with zero attached hydrogens (tertiary/aromatic N) is 1. The average molecular weight is 381 g/mol. The molecule has 5 nitrogen and oxygen atoms in total. The van der Waals surface area contributed by atoms with Gasteiger partial charge in [0.05, 0.1) is 29.7 Å². The van der Waals surface area contributed by atoms with Crippen molar-refractivity contribution in [1.29, 1.82) is 0 Å². The van der Waals surface area contributed by atoms with Crippen LogP contribution in [0.2, 0.25) is 0 Å². The van der Waals surface area contributed by atoms with E-state index in [0.29, 0.717) is 19.0 Å². The van der Waals surface area contributed by atoms with E-state index >= 15 is 0 Å². The summed E-state index contributed by atoms with van der Waals surface area (Å²) in [5.41, 5.74) is -2.57. The molecule has 0 amide bonds. The van der Waals surface area contributed by atoms with E-state index in [1.54, 1.807) is 0 Å². The van der Waals surface area contributed by atoms with E-state index < -0.39 is 33.1 Å². The molecule has 1 unspecified atom stereocenters. The maximum atomic E-state index is 13.2. The van der Waals surface area contributed by atoms with Crippen LogP contribution in [0, 0.1) is 5.41 Å². The third-order valence-electron chi connectivity index (χ3n) is 4.44. The van der Waals surface area contributed by atoms with Crippen molar-refractivity contribution < 1.29 is 17.9 Å². The standard InChI is InChI=1S/C14H12ClF3N2O3S/c15-24-6-13(4-23-5-13)3-20-10-8(11(21)19-12(20)22)1-7(2-9(10)24)14(16,17)18/h1-2,24H,3-6H2,(H,19,21,22). The predicted molar refractivity (Wildman–Crippen MR) is 85.1 cm³/mol. The summed E-state index contributed by atoms with van der Waals surface area (Å²) in [6, 6.07) is 1.75. The van der Waals surface area contributed by atoms with Crippen LogP contribution in [0.5, 0.6) is 0 Å². The van der Waals surface area contributed by atoms with E-state index in [0.717, 1.165) is 12.1 Å². The van der Waals surface area contributed by atoms with E-state index in [4.69, 9.17) is 15.4 Å². The van der Waals surface area contributed by atoms with E-state index in [1.807, 2.05) is 0 Å². The molecule has 1 aromatic carbocycles. The van der Waals surface area contributed by atoms with Gasteiger partial charge in [0.1, 0.15) is 0 Å². The number of thiol groups is 1. The number of ether oxygens (including phenoxy) is 1. The Morgan fingerprint density at radius 2 is 2.00 bits per heavy atom. The van der Waals surface area contributed by atoms with Crippen molar-refractivity contribution in [3.05, 3.63) is 38.5 Å². The fourth-order valence-corrected chi connectivity index (χ4v) is 6.19. The molecule has 1 saturated heterocycles. The molecule has 0 radical (unpaired) electrons. The Kier molecular flexibility index (Phi) is 3.36. The minimum Gasteiger partial charge on any atom is -0.380 e. The maximum absolute atomic E-state index is 13.2. The van der Waals surface area contributed by atoms with Gasteiger partial charge in [-0.1, -0.05) is 10.7 Å². The summed E-state index contributed by atoms with van der Waals surface area (Å²) in [5.74, 6) is 0.440. The second-order valence-electron chi connectivity index (χ2n) is 6.25. The Morgan fingerprint density at radius 3 is 2.58 bits per heavy atom. The first-order chi connectivity index (χ1) is 11.2. The third kappa shape index (κ3) is 2.29. The summed E-state index contributed by atoms with van der Waals surface area (Å²) >= 11 is 0. The summed E-state index contributed by atoms with van der Waals surface area (Å²) in [7, 11) is 4.98. The molecule has 1 atom stereocenters. The number of H-pyrrole nitrogens is 1. The van der Waals surface area contributed by atoms with Crippen molar-refractivity contribution in [1.82, 2.24) is 9.55 Å². The van der Waals surface area contributed by atoms with Crippen LogP contribution in [0.25, 0.3) is 10.9 Å². The van der Waals surface area contributed by atoms with Gasteiger partial charge in [-0.3, -0.25) is 14.3 Å². The number of alkyl halides is 3. The molecule has 2 aliphatic rings. The number of hydrogen-bond acceptors (Lipinski definition) is 3. The summed E-state index contributed by atoms with van der Waals surface area (Å²) in [4.78, 5) is 26.7. The Balaban J connectivity index is 2.10. The van der Waals surface area contributed by atoms with Gasteiger partial charge in [-0.15, -0.1) is 10.1 Å². The highest BCUT2D eigenvalue weighted by Gasteiger charge is 2.44. The second kappa shape index (κ2) is 5.03. The number of halogens is 4. The lowest BCUT2D eigenvalue weighted by molar-refractivity contribution is -0.137. The summed E-state index contributed by atoms with van der Waals surface area (Å²) in [6.07, 6.45) is -4.60. The highest BCUT2D eigenvalue weighted by atomic mass is 35.7. The fraction of sp³-hybridized carbons (Fsp3) is 0.429. The van der Waals surface area contributed by atoms with Crippen LogP contribution in [0.15, 0.2) is 26.6 Å². The van der Waals surface area contributed by atoms with E-state index in [9.17, 15) is 22.8 Å². The van der Waals surface area contributed by atoms with Crippen LogP contribution < -0.4 is 11.2 Å². The molecule has 2 aromatic rings. The first-order valence-electron chi connectivity index (χ1n) is 7.09. The molecule has 2 aliphatic heterocycles. The number of rotatable bonds is 0. The molecule has 0 saturated carbocycles. The molecular formula is C14H12ClF3N2O3S. The SMILES string of the molecule is O=c1[nH]c(=O)n2c3c(cc(C(F)(F)F)cc13)[SH](Cl)CC1(COC1)C2. The number of aromatic nitrogens is 2. The smallest absolute Gasteiger partial charge is 0.380 e. The topological polar surface area (TPSA) is 64.1 Å². The quantitative estimate of drug-likeness (QED) is 0.689. The lowest BCUT2D eigenvalue weighted by Crippen LogP contribution is -2.49. The Labute approximate surface area is 140 Å². The van der Waals surface area contributed by atoms with Gasteiger partial charge in [-0.2, -0.15) is 13.2 Å². The molecular weight excluding hydrogens is 369 g/mol. The van der Waals surface area contributed by atoms with Crippen LogP contribution in [0.4, 0.5) is 13.2 Å². The summed E-state index contributed by atoms with van der Waals surface area (Å²) < 4.78 is 46.1. The molecule has 3 heterocycles. The highest BCUT2D eigenvalue weighted by molar-refractivity contribution is 8.36.